The van der Waals surface area contributed by atoms with Gasteiger partial charge < -0.3 is 19.7 Å². The van der Waals surface area contributed by atoms with E-state index in [1.54, 1.807) is 35.9 Å². The van der Waals surface area contributed by atoms with Crippen molar-refractivity contribution in [2.24, 2.45) is 0 Å². The number of aromatic nitrogens is 6. The van der Waals surface area contributed by atoms with Crippen molar-refractivity contribution in [2.45, 2.75) is 6.54 Å². The number of nitrogens with one attached hydrogen (secondary N) is 1. The Hall–Kier alpha value is -4.32. The summed E-state index contributed by atoms with van der Waals surface area (Å²) in [5.74, 6) is -1.28. The van der Waals surface area contributed by atoms with Crippen LogP contribution in [0.3, 0.4) is 0 Å². The number of hydrogen-bond acceptors (Lipinski definition) is 7. The number of fused-ring (bicyclic) bond motifs is 1. The zero-order chi connectivity index (χ0) is 22.8. The lowest BCUT2D eigenvalue weighted by Crippen LogP contribution is -2.29. The third-order valence-electron chi connectivity index (χ3n) is 4.84. The first kappa shape index (κ1) is 20.9. The first-order valence-electron chi connectivity index (χ1n) is 9.56. The summed E-state index contributed by atoms with van der Waals surface area (Å²) in [6.07, 6.45) is 3.89. The van der Waals surface area contributed by atoms with E-state index >= 15 is 0 Å². The molecule has 4 rings (SSSR count). The van der Waals surface area contributed by atoms with Crippen molar-refractivity contribution in [3.63, 3.8) is 0 Å². The second-order valence-corrected chi connectivity index (χ2v) is 7.06. The van der Waals surface area contributed by atoms with Gasteiger partial charge in [0.1, 0.15) is 0 Å². The molecule has 3 N–H and O–H groups in total. The summed E-state index contributed by atoms with van der Waals surface area (Å²) in [6, 6.07) is 6.94. The quantitative estimate of drug-likeness (QED) is 0.367. The number of carboxylic acids is 1. The SMILES string of the molecule is CN(CCO)C(=O)c1ccc(Cn2cnc3c(=O)[nH]c(-n4cc(C(=O)O)cn4)nc32)cc1. The molecule has 0 aliphatic carbocycles. The maximum absolute atomic E-state index is 12.4. The van der Waals surface area contributed by atoms with Crippen LogP contribution in [0.4, 0.5) is 0 Å². The Kier molecular flexibility index (Phi) is 5.52. The number of imidazole rings is 1. The van der Waals surface area contributed by atoms with Crippen molar-refractivity contribution in [1.82, 2.24) is 34.2 Å². The van der Waals surface area contributed by atoms with Gasteiger partial charge in [-0.05, 0) is 17.7 Å². The monoisotopic (exact) mass is 437 g/mol. The fraction of sp³-hybridized carbons (Fsp3) is 0.200. The molecule has 0 atom stereocenters. The summed E-state index contributed by atoms with van der Waals surface area (Å²) >= 11 is 0. The van der Waals surface area contributed by atoms with Gasteiger partial charge in [0, 0.05) is 25.4 Å². The number of aromatic amines is 1. The number of carbonyl (C=O) groups is 2. The van der Waals surface area contributed by atoms with Crippen molar-refractivity contribution in [2.75, 3.05) is 20.2 Å². The highest BCUT2D eigenvalue weighted by molar-refractivity contribution is 5.94. The number of carbonyl (C=O) groups excluding carboxylic acids is 1. The maximum Gasteiger partial charge on any atom is 0.338 e. The van der Waals surface area contributed by atoms with E-state index in [-0.39, 0.29) is 36.1 Å². The summed E-state index contributed by atoms with van der Waals surface area (Å²) in [7, 11) is 1.61. The molecule has 4 aromatic rings. The Morgan fingerprint density at radius 2 is 1.94 bits per heavy atom. The Bertz CT molecular complexity index is 1350. The van der Waals surface area contributed by atoms with Crippen molar-refractivity contribution < 1.29 is 19.8 Å². The van der Waals surface area contributed by atoms with Crippen LogP contribution in [0.5, 0.6) is 0 Å². The number of aromatic carboxylic acids is 1. The number of carboxylic acid groups (broad SMARTS) is 1. The highest BCUT2D eigenvalue weighted by atomic mass is 16.4. The van der Waals surface area contributed by atoms with E-state index in [0.717, 1.165) is 11.8 Å². The molecule has 0 fully saturated rings. The number of likely N-dealkylation sites (N-methyl/N-ethyl adjacent to an activating group) is 1. The van der Waals surface area contributed by atoms with Crippen LogP contribution in [0, 0.1) is 0 Å². The lowest BCUT2D eigenvalue weighted by molar-refractivity contribution is 0.0696. The zero-order valence-electron chi connectivity index (χ0n) is 17.0. The minimum atomic E-state index is -1.14. The zero-order valence-corrected chi connectivity index (χ0v) is 17.0. The summed E-state index contributed by atoms with van der Waals surface area (Å²) in [5.41, 5.74) is 1.26. The summed E-state index contributed by atoms with van der Waals surface area (Å²) in [6.45, 7) is 0.472. The van der Waals surface area contributed by atoms with Gasteiger partial charge in [-0.1, -0.05) is 12.1 Å². The van der Waals surface area contributed by atoms with E-state index in [4.69, 9.17) is 10.2 Å². The van der Waals surface area contributed by atoms with Gasteiger partial charge in [-0.2, -0.15) is 10.1 Å². The van der Waals surface area contributed by atoms with Gasteiger partial charge in [-0.25, -0.2) is 14.5 Å². The maximum atomic E-state index is 12.4. The van der Waals surface area contributed by atoms with Crippen LogP contribution in [0.2, 0.25) is 0 Å². The fourth-order valence-corrected chi connectivity index (χ4v) is 3.14. The molecule has 32 heavy (non-hydrogen) atoms. The molecule has 3 aromatic heterocycles. The Morgan fingerprint density at radius 3 is 2.59 bits per heavy atom. The number of aliphatic hydroxyl groups excluding tert-OH is 1. The Labute approximate surface area is 180 Å². The Morgan fingerprint density at radius 1 is 1.19 bits per heavy atom. The van der Waals surface area contributed by atoms with Gasteiger partial charge in [0.25, 0.3) is 11.5 Å². The molecule has 1 aromatic carbocycles. The first-order chi connectivity index (χ1) is 15.4. The van der Waals surface area contributed by atoms with E-state index in [9.17, 15) is 14.4 Å². The van der Waals surface area contributed by atoms with Crippen LogP contribution in [0.15, 0.2) is 47.8 Å². The minimum Gasteiger partial charge on any atom is -0.478 e. The van der Waals surface area contributed by atoms with E-state index < -0.39 is 11.5 Å². The van der Waals surface area contributed by atoms with Crippen LogP contribution in [-0.4, -0.2) is 76.5 Å². The summed E-state index contributed by atoms with van der Waals surface area (Å²) in [4.78, 5) is 48.3. The third-order valence-corrected chi connectivity index (χ3v) is 4.84. The summed E-state index contributed by atoms with van der Waals surface area (Å²) < 4.78 is 2.84. The van der Waals surface area contributed by atoms with Gasteiger partial charge in [0.05, 0.1) is 31.2 Å². The molecule has 0 saturated carbocycles. The standard InChI is InChI=1S/C20H19N7O5/c1-25(6-7-28)18(30)13-4-2-12(3-5-13)9-26-11-21-15-16(26)23-20(24-17(15)29)27-10-14(8-22-27)19(31)32/h2-5,8,10-11,28H,6-7,9H2,1H3,(H,31,32)(H,23,24,29). The number of H-pyrrole nitrogens is 1. The molecule has 3 heterocycles. The topological polar surface area (TPSA) is 159 Å². The molecule has 1 amide bonds. The van der Waals surface area contributed by atoms with Crippen LogP contribution < -0.4 is 5.56 Å². The van der Waals surface area contributed by atoms with Crippen LogP contribution in [0.25, 0.3) is 17.1 Å². The lowest BCUT2D eigenvalue weighted by atomic mass is 10.1. The molecule has 0 radical (unpaired) electrons. The fourth-order valence-electron chi connectivity index (χ4n) is 3.14. The molecule has 0 aliphatic rings. The first-order valence-corrected chi connectivity index (χ1v) is 9.56. The van der Waals surface area contributed by atoms with Crippen LogP contribution in [-0.2, 0) is 6.54 Å². The van der Waals surface area contributed by atoms with Crippen molar-refractivity contribution in [1.29, 1.82) is 0 Å². The molecule has 12 heteroatoms. The minimum absolute atomic E-state index is 0.0412. The number of benzene rings is 1. The van der Waals surface area contributed by atoms with Crippen LogP contribution in [0.1, 0.15) is 26.3 Å². The number of rotatable bonds is 7. The molecule has 0 bridgehead atoms. The van der Waals surface area contributed by atoms with Crippen molar-refractivity contribution >= 4 is 23.0 Å². The number of aliphatic hydroxyl groups is 1. The van der Waals surface area contributed by atoms with Gasteiger partial charge in [0.15, 0.2) is 11.2 Å². The number of nitrogens with zero attached hydrogens (tertiary/aromatic N) is 6. The average Bonchev–Trinajstić information content (AvgIpc) is 3.42. The normalized spacial score (nSPS) is 11.1. The van der Waals surface area contributed by atoms with E-state index in [1.165, 1.54) is 22.1 Å². The molecule has 12 nitrogen and oxygen atoms in total. The Balaban J connectivity index is 1.62. The smallest absolute Gasteiger partial charge is 0.338 e. The van der Waals surface area contributed by atoms with Gasteiger partial charge >= 0.3 is 5.97 Å². The third kappa shape index (κ3) is 3.98. The van der Waals surface area contributed by atoms with Crippen LogP contribution >= 0.6 is 0 Å². The lowest BCUT2D eigenvalue weighted by Gasteiger charge is -2.15. The van der Waals surface area contributed by atoms with Gasteiger partial charge in [0.2, 0.25) is 5.95 Å². The second-order valence-electron chi connectivity index (χ2n) is 7.06. The van der Waals surface area contributed by atoms with E-state index in [1.807, 2.05) is 0 Å². The molecular weight excluding hydrogens is 418 g/mol. The molecule has 0 spiro atoms. The molecule has 164 valence electrons. The average molecular weight is 437 g/mol. The van der Waals surface area contributed by atoms with Crippen molar-refractivity contribution in [3.8, 4) is 5.95 Å². The number of hydrogen-bond donors (Lipinski definition) is 3. The largest absolute Gasteiger partial charge is 0.478 e. The highest BCUT2D eigenvalue weighted by Crippen LogP contribution is 2.13. The van der Waals surface area contributed by atoms with E-state index in [2.05, 4.69) is 20.1 Å². The van der Waals surface area contributed by atoms with Crippen molar-refractivity contribution in [3.05, 3.63) is 70.0 Å². The molecular formula is C20H19N7O5. The molecule has 0 saturated heterocycles. The highest BCUT2D eigenvalue weighted by Gasteiger charge is 2.15. The predicted octanol–water partition coefficient (Wildman–Crippen LogP) is 0.116. The second kappa shape index (κ2) is 8.43. The summed E-state index contributed by atoms with van der Waals surface area (Å²) in [5, 5.41) is 22.0. The molecule has 0 unspecified atom stereocenters. The van der Waals surface area contributed by atoms with Gasteiger partial charge in [-0.3, -0.25) is 14.6 Å². The van der Waals surface area contributed by atoms with E-state index in [0.29, 0.717) is 17.8 Å². The predicted molar refractivity (Wildman–Crippen MR) is 112 cm³/mol. The molecule has 0 aliphatic heterocycles. The number of amides is 1. The van der Waals surface area contributed by atoms with Gasteiger partial charge in [-0.15, -0.1) is 0 Å².